The van der Waals surface area contributed by atoms with Gasteiger partial charge in [-0.3, -0.25) is 0 Å². The summed E-state index contributed by atoms with van der Waals surface area (Å²) in [7, 11) is 0. The van der Waals surface area contributed by atoms with E-state index in [0.29, 0.717) is 17.5 Å². The molecule has 1 N–H and O–H groups in total. The lowest BCUT2D eigenvalue weighted by molar-refractivity contribution is 0.241. The number of hydrogen-bond donors (Lipinski definition) is 1. The molecule has 17 heavy (non-hydrogen) atoms. The van der Waals surface area contributed by atoms with Crippen LogP contribution in [0.4, 0.5) is 0 Å². The third-order valence-electron chi connectivity index (χ3n) is 2.12. The Kier molecular flexibility index (Phi) is 3.75. The molecule has 0 bridgehead atoms. The lowest BCUT2D eigenvalue weighted by Crippen LogP contribution is -1.97. The first kappa shape index (κ1) is 12.1. The van der Waals surface area contributed by atoms with Crippen molar-refractivity contribution in [1.29, 1.82) is 0 Å². The average molecular weight is 299 g/mol. The number of aliphatic hydroxyl groups excluding tert-OH is 1. The highest BCUT2D eigenvalue weighted by Gasteiger charge is 2.05. The van der Waals surface area contributed by atoms with E-state index in [0.717, 1.165) is 10.0 Å². The van der Waals surface area contributed by atoms with Crippen molar-refractivity contribution in [2.24, 2.45) is 0 Å². The Morgan fingerprint density at radius 1 is 1.47 bits per heavy atom. The highest BCUT2D eigenvalue weighted by atomic mass is 79.9. The second-order valence-corrected chi connectivity index (χ2v) is 4.29. The van der Waals surface area contributed by atoms with Crippen molar-refractivity contribution in [3.05, 3.63) is 40.0 Å². The van der Waals surface area contributed by atoms with Crippen LogP contribution in [0, 0.1) is 6.92 Å². The molecule has 0 atom stereocenters. The van der Waals surface area contributed by atoms with Gasteiger partial charge >= 0.3 is 0 Å². The molecule has 0 aliphatic heterocycles. The Morgan fingerprint density at radius 3 is 2.94 bits per heavy atom. The fourth-order valence-electron chi connectivity index (χ4n) is 1.31. The molecular formula is C11H11BrN2O3. The van der Waals surface area contributed by atoms with Crippen LogP contribution in [-0.2, 0) is 13.2 Å². The maximum Gasteiger partial charge on any atom is 0.264 e. The summed E-state index contributed by atoms with van der Waals surface area (Å²) < 4.78 is 11.2. The van der Waals surface area contributed by atoms with E-state index >= 15 is 0 Å². The van der Waals surface area contributed by atoms with Gasteiger partial charge in [-0.15, -0.1) is 0 Å². The predicted molar refractivity (Wildman–Crippen MR) is 63.4 cm³/mol. The lowest BCUT2D eigenvalue weighted by Gasteiger charge is -2.06. The average Bonchev–Trinajstić information content (AvgIpc) is 2.74. The standard InChI is InChI=1S/C11H11BrN2O3/c1-7-13-11(17-14-7)6-16-9-2-3-10(12)8(4-9)5-15/h2-4,15H,5-6H2,1H3. The van der Waals surface area contributed by atoms with Crippen molar-refractivity contribution in [1.82, 2.24) is 10.1 Å². The summed E-state index contributed by atoms with van der Waals surface area (Å²) in [6.07, 6.45) is 0. The van der Waals surface area contributed by atoms with Gasteiger partial charge in [0.15, 0.2) is 12.4 Å². The van der Waals surface area contributed by atoms with Gasteiger partial charge in [-0.05, 0) is 30.7 Å². The minimum absolute atomic E-state index is 0.0442. The summed E-state index contributed by atoms with van der Waals surface area (Å²) in [5.74, 6) is 1.65. The molecule has 0 saturated heterocycles. The van der Waals surface area contributed by atoms with Gasteiger partial charge in [-0.1, -0.05) is 21.1 Å². The van der Waals surface area contributed by atoms with E-state index in [2.05, 4.69) is 26.1 Å². The summed E-state index contributed by atoms with van der Waals surface area (Å²) in [5, 5.41) is 12.8. The largest absolute Gasteiger partial charge is 0.484 e. The van der Waals surface area contributed by atoms with Crippen LogP contribution in [-0.4, -0.2) is 15.2 Å². The topological polar surface area (TPSA) is 68.4 Å². The van der Waals surface area contributed by atoms with Crippen molar-refractivity contribution in [3.63, 3.8) is 0 Å². The molecule has 0 spiro atoms. The van der Waals surface area contributed by atoms with Crippen molar-refractivity contribution in [3.8, 4) is 5.75 Å². The number of benzene rings is 1. The van der Waals surface area contributed by atoms with Crippen LogP contribution in [0.15, 0.2) is 27.2 Å². The quantitative estimate of drug-likeness (QED) is 0.937. The first-order chi connectivity index (χ1) is 8.19. The second kappa shape index (κ2) is 5.29. The first-order valence-corrected chi connectivity index (χ1v) is 5.79. The summed E-state index contributed by atoms with van der Waals surface area (Å²) in [6, 6.07) is 5.37. The lowest BCUT2D eigenvalue weighted by atomic mass is 10.2. The molecule has 0 fully saturated rings. The molecular weight excluding hydrogens is 288 g/mol. The number of ether oxygens (including phenoxy) is 1. The van der Waals surface area contributed by atoms with E-state index in [4.69, 9.17) is 14.4 Å². The fraction of sp³-hybridized carbons (Fsp3) is 0.273. The second-order valence-electron chi connectivity index (χ2n) is 3.44. The zero-order valence-corrected chi connectivity index (χ0v) is 10.8. The maximum atomic E-state index is 9.11. The molecule has 0 aliphatic rings. The fourth-order valence-corrected chi connectivity index (χ4v) is 1.68. The number of nitrogens with zero attached hydrogens (tertiary/aromatic N) is 2. The van der Waals surface area contributed by atoms with Gasteiger partial charge in [0, 0.05) is 4.47 Å². The van der Waals surface area contributed by atoms with Crippen LogP contribution in [0.5, 0.6) is 5.75 Å². The summed E-state index contributed by atoms with van der Waals surface area (Å²) >= 11 is 3.33. The molecule has 1 aromatic heterocycles. The third-order valence-corrected chi connectivity index (χ3v) is 2.89. The molecule has 6 heteroatoms. The Labute approximate surface area is 107 Å². The van der Waals surface area contributed by atoms with Gasteiger partial charge in [-0.2, -0.15) is 4.98 Å². The Morgan fingerprint density at radius 2 is 2.29 bits per heavy atom. The summed E-state index contributed by atoms with van der Waals surface area (Å²) in [6.45, 7) is 1.92. The number of halogens is 1. The van der Waals surface area contributed by atoms with Gasteiger partial charge in [0.2, 0.25) is 0 Å². The monoisotopic (exact) mass is 298 g/mol. The minimum atomic E-state index is -0.0442. The number of aromatic nitrogens is 2. The third kappa shape index (κ3) is 3.04. The van der Waals surface area contributed by atoms with Crippen LogP contribution in [0.1, 0.15) is 17.3 Å². The van der Waals surface area contributed by atoms with Crippen molar-refractivity contribution >= 4 is 15.9 Å². The molecule has 2 aromatic rings. The molecule has 5 nitrogen and oxygen atoms in total. The molecule has 1 heterocycles. The van der Waals surface area contributed by atoms with E-state index in [9.17, 15) is 0 Å². The SMILES string of the molecule is Cc1noc(COc2ccc(Br)c(CO)c2)n1. The van der Waals surface area contributed by atoms with E-state index in [1.165, 1.54) is 0 Å². The maximum absolute atomic E-state index is 9.11. The van der Waals surface area contributed by atoms with Crippen LogP contribution < -0.4 is 4.74 Å². The summed E-state index contributed by atoms with van der Waals surface area (Å²) in [5.41, 5.74) is 0.768. The van der Waals surface area contributed by atoms with Crippen molar-refractivity contribution in [2.45, 2.75) is 20.1 Å². The molecule has 90 valence electrons. The number of aryl methyl sites for hydroxylation is 1. The van der Waals surface area contributed by atoms with Gasteiger partial charge in [0.1, 0.15) is 5.75 Å². The Bertz CT molecular complexity index is 513. The normalized spacial score (nSPS) is 10.5. The highest BCUT2D eigenvalue weighted by molar-refractivity contribution is 9.10. The predicted octanol–water partition coefficient (Wildman–Crippen LogP) is 2.21. The molecule has 0 saturated carbocycles. The van der Waals surface area contributed by atoms with Crippen molar-refractivity contribution < 1.29 is 14.4 Å². The van der Waals surface area contributed by atoms with Crippen molar-refractivity contribution in [2.75, 3.05) is 0 Å². The smallest absolute Gasteiger partial charge is 0.264 e. The summed E-state index contributed by atoms with van der Waals surface area (Å²) in [4.78, 5) is 4.02. The van der Waals surface area contributed by atoms with Crippen LogP contribution in [0.2, 0.25) is 0 Å². The Balaban J connectivity index is 2.04. The first-order valence-electron chi connectivity index (χ1n) is 5.00. The van der Waals surface area contributed by atoms with E-state index in [1.54, 1.807) is 19.1 Å². The van der Waals surface area contributed by atoms with Crippen LogP contribution in [0.3, 0.4) is 0 Å². The van der Waals surface area contributed by atoms with Gasteiger partial charge < -0.3 is 14.4 Å². The molecule has 1 aromatic carbocycles. The van der Waals surface area contributed by atoms with E-state index in [1.807, 2.05) is 6.07 Å². The molecule has 2 rings (SSSR count). The van der Waals surface area contributed by atoms with Gasteiger partial charge in [0.05, 0.1) is 6.61 Å². The van der Waals surface area contributed by atoms with E-state index in [-0.39, 0.29) is 13.2 Å². The van der Waals surface area contributed by atoms with E-state index < -0.39 is 0 Å². The number of aliphatic hydroxyl groups is 1. The zero-order chi connectivity index (χ0) is 12.3. The Hall–Kier alpha value is -1.40. The highest BCUT2D eigenvalue weighted by Crippen LogP contribution is 2.23. The number of rotatable bonds is 4. The molecule has 0 amide bonds. The van der Waals surface area contributed by atoms with Crippen LogP contribution in [0.25, 0.3) is 0 Å². The van der Waals surface area contributed by atoms with Gasteiger partial charge in [-0.25, -0.2) is 0 Å². The van der Waals surface area contributed by atoms with Gasteiger partial charge in [0.25, 0.3) is 5.89 Å². The minimum Gasteiger partial charge on any atom is -0.484 e. The molecule has 0 aliphatic carbocycles. The molecule has 0 unspecified atom stereocenters. The number of hydrogen-bond acceptors (Lipinski definition) is 5. The molecule has 0 radical (unpaired) electrons. The zero-order valence-electron chi connectivity index (χ0n) is 9.18. The van der Waals surface area contributed by atoms with Crippen LogP contribution >= 0.6 is 15.9 Å².